The van der Waals surface area contributed by atoms with E-state index < -0.39 is 0 Å². The molecule has 1 heterocycles. The van der Waals surface area contributed by atoms with Crippen LogP contribution in [-0.4, -0.2) is 16.3 Å². The lowest BCUT2D eigenvalue weighted by atomic mass is 9.78. The number of rotatable bonds is 4. The number of likely N-dealkylation sites (N-methyl/N-ethyl adjacent to an activating group) is 1. The van der Waals surface area contributed by atoms with Crippen molar-refractivity contribution in [3.05, 3.63) is 53.3 Å². The maximum absolute atomic E-state index is 4.63. The fourth-order valence-corrected chi connectivity index (χ4v) is 3.41. The van der Waals surface area contributed by atoms with E-state index in [9.17, 15) is 0 Å². The van der Waals surface area contributed by atoms with Gasteiger partial charge in [0, 0.05) is 19.2 Å². The van der Waals surface area contributed by atoms with Crippen LogP contribution in [0.25, 0.3) is 0 Å². The van der Waals surface area contributed by atoms with Crippen LogP contribution in [0.2, 0.25) is 0 Å². The molecule has 106 valence electrons. The van der Waals surface area contributed by atoms with Crippen LogP contribution < -0.4 is 5.32 Å². The molecule has 3 heteroatoms. The van der Waals surface area contributed by atoms with Crippen molar-refractivity contribution in [2.75, 3.05) is 6.54 Å². The molecule has 3 nitrogen and oxygen atoms in total. The van der Waals surface area contributed by atoms with E-state index in [0.717, 1.165) is 12.2 Å². The molecule has 20 heavy (non-hydrogen) atoms. The predicted octanol–water partition coefficient (Wildman–Crippen LogP) is 3.19. The second-order valence-corrected chi connectivity index (χ2v) is 5.65. The van der Waals surface area contributed by atoms with Gasteiger partial charge in [-0.15, -0.1) is 0 Å². The lowest BCUT2D eigenvalue weighted by Crippen LogP contribution is -2.29. The highest BCUT2D eigenvalue weighted by Gasteiger charge is 2.29. The van der Waals surface area contributed by atoms with Gasteiger partial charge in [-0.3, -0.25) is 4.68 Å². The molecule has 0 amide bonds. The van der Waals surface area contributed by atoms with Crippen LogP contribution in [0.3, 0.4) is 0 Å². The van der Waals surface area contributed by atoms with E-state index >= 15 is 0 Å². The standard InChI is InChI=1S/C17H23N3/c1-3-18-17(16-11-12-20(2)19-16)15-10-6-8-13-7-4-5-9-14(13)15/h4-5,7,9,11-12,15,17-18H,3,6,8,10H2,1-2H3. The largest absolute Gasteiger partial charge is 0.308 e. The fraction of sp³-hybridized carbons (Fsp3) is 0.471. The molecule has 1 aromatic carbocycles. The number of nitrogens with one attached hydrogen (secondary N) is 1. The van der Waals surface area contributed by atoms with Gasteiger partial charge in [-0.05, 0) is 43.0 Å². The second-order valence-electron chi connectivity index (χ2n) is 5.65. The van der Waals surface area contributed by atoms with Crippen LogP contribution >= 0.6 is 0 Å². The van der Waals surface area contributed by atoms with E-state index in [1.165, 1.54) is 30.4 Å². The minimum Gasteiger partial charge on any atom is -0.308 e. The summed E-state index contributed by atoms with van der Waals surface area (Å²) in [5.74, 6) is 0.537. The molecule has 0 saturated carbocycles. The molecule has 1 N–H and O–H groups in total. The van der Waals surface area contributed by atoms with Crippen LogP contribution in [0.1, 0.15) is 48.5 Å². The average molecular weight is 269 g/mol. The van der Waals surface area contributed by atoms with Gasteiger partial charge in [0.1, 0.15) is 0 Å². The molecule has 0 aliphatic heterocycles. The van der Waals surface area contributed by atoms with Gasteiger partial charge < -0.3 is 5.32 Å². The summed E-state index contributed by atoms with van der Waals surface area (Å²) in [7, 11) is 1.99. The van der Waals surface area contributed by atoms with E-state index in [2.05, 4.69) is 47.7 Å². The van der Waals surface area contributed by atoms with Crippen LogP contribution in [0.4, 0.5) is 0 Å². The molecule has 0 radical (unpaired) electrons. The average Bonchev–Trinajstić information content (AvgIpc) is 2.91. The Bertz CT molecular complexity index is 573. The molecule has 1 aliphatic rings. The van der Waals surface area contributed by atoms with Crippen molar-refractivity contribution in [1.29, 1.82) is 0 Å². The molecule has 2 atom stereocenters. The van der Waals surface area contributed by atoms with Crippen molar-refractivity contribution < 1.29 is 0 Å². The van der Waals surface area contributed by atoms with Crippen LogP contribution in [0.15, 0.2) is 36.5 Å². The van der Waals surface area contributed by atoms with Gasteiger partial charge in [0.2, 0.25) is 0 Å². The molecule has 2 unspecified atom stereocenters. The highest BCUT2D eigenvalue weighted by molar-refractivity contribution is 5.35. The molecular formula is C17H23N3. The van der Waals surface area contributed by atoms with Crippen molar-refractivity contribution in [2.24, 2.45) is 7.05 Å². The monoisotopic (exact) mass is 269 g/mol. The first-order valence-electron chi connectivity index (χ1n) is 7.60. The van der Waals surface area contributed by atoms with Gasteiger partial charge in [0.05, 0.1) is 11.7 Å². The Kier molecular flexibility index (Phi) is 3.88. The van der Waals surface area contributed by atoms with Crippen LogP contribution in [0.5, 0.6) is 0 Å². The summed E-state index contributed by atoms with van der Waals surface area (Å²) in [4.78, 5) is 0. The van der Waals surface area contributed by atoms with Crippen molar-refractivity contribution >= 4 is 0 Å². The first-order valence-corrected chi connectivity index (χ1v) is 7.60. The number of nitrogens with zero attached hydrogens (tertiary/aromatic N) is 2. The number of fused-ring (bicyclic) bond motifs is 1. The van der Waals surface area contributed by atoms with E-state index in [1.54, 1.807) is 0 Å². The van der Waals surface area contributed by atoms with Gasteiger partial charge >= 0.3 is 0 Å². The number of aryl methyl sites for hydroxylation is 2. The number of aromatic nitrogens is 2. The van der Waals surface area contributed by atoms with Gasteiger partial charge in [-0.1, -0.05) is 31.2 Å². The zero-order valence-corrected chi connectivity index (χ0v) is 12.3. The second kappa shape index (κ2) is 5.80. The van der Waals surface area contributed by atoms with Crippen molar-refractivity contribution in [1.82, 2.24) is 15.1 Å². The number of hydrogen-bond donors (Lipinski definition) is 1. The third-order valence-corrected chi connectivity index (χ3v) is 4.30. The zero-order chi connectivity index (χ0) is 13.9. The molecule has 3 rings (SSSR count). The molecule has 1 aliphatic carbocycles. The Balaban J connectivity index is 1.96. The predicted molar refractivity (Wildman–Crippen MR) is 81.7 cm³/mol. The Morgan fingerprint density at radius 1 is 1.35 bits per heavy atom. The van der Waals surface area contributed by atoms with Crippen molar-refractivity contribution in [3.8, 4) is 0 Å². The summed E-state index contributed by atoms with van der Waals surface area (Å²) in [6.07, 6.45) is 5.77. The van der Waals surface area contributed by atoms with Crippen LogP contribution in [-0.2, 0) is 13.5 Å². The molecule has 0 saturated heterocycles. The van der Waals surface area contributed by atoms with E-state index in [4.69, 9.17) is 0 Å². The normalized spacial score (nSPS) is 19.6. The number of benzene rings is 1. The topological polar surface area (TPSA) is 29.9 Å². The molecule has 0 bridgehead atoms. The summed E-state index contributed by atoms with van der Waals surface area (Å²) >= 11 is 0. The lowest BCUT2D eigenvalue weighted by Gasteiger charge is -2.32. The van der Waals surface area contributed by atoms with E-state index in [-0.39, 0.29) is 0 Å². The van der Waals surface area contributed by atoms with Crippen molar-refractivity contribution in [3.63, 3.8) is 0 Å². The van der Waals surface area contributed by atoms with Crippen molar-refractivity contribution in [2.45, 2.75) is 38.1 Å². The molecule has 0 spiro atoms. The minimum absolute atomic E-state index is 0.322. The minimum atomic E-state index is 0.322. The Morgan fingerprint density at radius 2 is 2.20 bits per heavy atom. The summed E-state index contributed by atoms with van der Waals surface area (Å²) < 4.78 is 1.90. The molecule has 0 fully saturated rings. The fourth-order valence-electron chi connectivity index (χ4n) is 3.41. The van der Waals surface area contributed by atoms with Crippen LogP contribution in [0, 0.1) is 0 Å². The first-order chi connectivity index (χ1) is 9.79. The molecule has 2 aromatic rings. The number of hydrogen-bond acceptors (Lipinski definition) is 2. The molecular weight excluding hydrogens is 246 g/mol. The Morgan fingerprint density at radius 3 is 2.95 bits per heavy atom. The highest BCUT2D eigenvalue weighted by Crippen LogP contribution is 2.39. The third kappa shape index (κ3) is 2.50. The summed E-state index contributed by atoms with van der Waals surface area (Å²) in [6, 6.07) is 11.4. The Hall–Kier alpha value is -1.61. The highest BCUT2D eigenvalue weighted by atomic mass is 15.3. The van der Waals surface area contributed by atoms with Gasteiger partial charge in [-0.25, -0.2) is 0 Å². The van der Waals surface area contributed by atoms with Gasteiger partial charge in [0.15, 0.2) is 0 Å². The van der Waals surface area contributed by atoms with E-state index in [0.29, 0.717) is 12.0 Å². The SMILES string of the molecule is CCNC(c1ccn(C)n1)C1CCCc2ccccc21. The zero-order valence-electron chi connectivity index (χ0n) is 12.3. The quantitative estimate of drug-likeness (QED) is 0.924. The Labute approximate surface area is 121 Å². The summed E-state index contributed by atoms with van der Waals surface area (Å²) in [5, 5.41) is 8.28. The summed E-state index contributed by atoms with van der Waals surface area (Å²) in [6.45, 7) is 3.14. The summed E-state index contributed by atoms with van der Waals surface area (Å²) in [5.41, 5.74) is 4.19. The lowest BCUT2D eigenvalue weighted by molar-refractivity contribution is 0.399. The first kappa shape index (κ1) is 13.4. The smallest absolute Gasteiger partial charge is 0.0800 e. The van der Waals surface area contributed by atoms with Gasteiger partial charge in [-0.2, -0.15) is 5.10 Å². The third-order valence-electron chi connectivity index (χ3n) is 4.30. The maximum atomic E-state index is 4.63. The van der Waals surface area contributed by atoms with Gasteiger partial charge in [0.25, 0.3) is 0 Å². The molecule has 1 aromatic heterocycles. The van der Waals surface area contributed by atoms with E-state index in [1.807, 2.05) is 17.9 Å². The maximum Gasteiger partial charge on any atom is 0.0800 e.